The lowest BCUT2D eigenvalue weighted by atomic mass is 9.94. The van der Waals surface area contributed by atoms with E-state index < -0.39 is 0 Å². The number of hydrogen-bond acceptors (Lipinski definition) is 2. The third-order valence-electron chi connectivity index (χ3n) is 9.27. The molecule has 0 bridgehead atoms. The molecule has 9 rings (SSSR count). The van der Waals surface area contributed by atoms with E-state index in [1.165, 1.54) is 33.4 Å². The summed E-state index contributed by atoms with van der Waals surface area (Å²) in [7, 11) is 0. The van der Waals surface area contributed by atoms with Gasteiger partial charge in [-0.3, -0.25) is 0 Å². The summed E-state index contributed by atoms with van der Waals surface area (Å²) in [6.07, 6.45) is 0. The van der Waals surface area contributed by atoms with Crippen LogP contribution < -0.4 is 4.90 Å². The van der Waals surface area contributed by atoms with E-state index in [2.05, 4.69) is 187 Å². The van der Waals surface area contributed by atoms with Crippen molar-refractivity contribution in [2.45, 2.75) is 0 Å². The number of hydrogen-bond donors (Lipinski definition) is 0. The first-order valence-corrected chi connectivity index (χ1v) is 16.4. The molecule has 0 atom stereocenters. The number of nitrogens with zero attached hydrogens (tertiary/aromatic N) is 1. The standard InChI is InChI=1S/C46H31NO/c1-4-13-32(14-5-1)34-23-27-37(28-24-34)47(38-29-25-35(26-30-38)33-15-6-2-7-16-33)43-21-12-20-40-41(36-17-8-3-9-18-36)31-42-39-19-10-11-22-44(39)48-46(42)45(40)43/h1-31H. The van der Waals surface area contributed by atoms with Crippen LogP contribution in [0.25, 0.3) is 66.1 Å². The highest BCUT2D eigenvalue weighted by Crippen LogP contribution is 2.47. The minimum atomic E-state index is 0.889. The first-order valence-electron chi connectivity index (χ1n) is 16.4. The first-order chi connectivity index (χ1) is 23.8. The number of fused-ring (bicyclic) bond motifs is 5. The molecule has 0 aliphatic heterocycles. The molecule has 48 heavy (non-hydrogen) atoms. The number of furan rings is 1. The molecular formula is C46H31NO. The lowest BCUT2D eigenvalue weighted by Gasteiger charge is -2.27. The van der Waals surface area contributed by atoms with Crippen LogP contribution in [0.2, 0.25) is 0 Å². The van der Waals surface area contributed by atoms with Gasteiger partial charge in [0.2, 0.25) is 0 Å². The van der Waals surface area contributed by atoms with Gasteiger partial charge in [-0.15, -0.1) is 0 Å². The van der Waals surface area contributed by atoms with Gasteiger partial charge >= 0.3 is 0 Å². The van der Waals surface area contributed by atoms with Crippen molar-refractivity contribution in [1.29, 1.82) is 0 Å². The Morgan fingerprint density at radius 2 is 0.833 bits per heavy atom. The molecule has 0 fully saturated rings. The van der Waals surface area contributed by atoms with Crippen molar-refractivity contribution in [1.82, 2.24) is 0 Å². The van der Waals surface area contributed by atoms with E-state index in [0.29, 0.717) is 0 Å². The zero-order chi connectivity index (χ0) is 31.9. The SMILES string of the molecule is c1ccc(-c2ccc(N(c3ccc(-c4ccccc4)cc3)c3cccc4c(-c5ccccc5)cc5c6ccccc6oc5c34)cc2)cc1. The molecule has 2 nitrogen and oxygen atoms in total. The van der Waals surface area contributed by atoms with E-state index in [9.17, 15) is 0 Å². The molecule has 0 saturated carbocycles. The lowest BCUT2D eigenvalue weighted by molar-refractivity contribution is 0.672. The fourth-order valence-electron chi connectivity index (χ4n) is 6.96. The number of para-hydroxylation sites is 1. The van der Waals surface area contributed by atoms with Crippen LogP contribution in [0.4, 0.5) is 17.1 Å². The molecule has 0 saturated heterocycles. The van der Waals surface area contributed by atoms with Crippen LogP contribution in [0.15, 0.2) is 192 Å². The largest absolute Gasteiger partial charge is 0.455 e. The first kappa shape index (κ1) is 27.9. The van der Waals surface area contributed by atoms with E-state index in [1.54, 1.807) is 0 Å². The zero-order valence-electron chi connectivity index (χ0n) is 26.3. The van der Waals surface area contributed by atoms with Gasteiger partial charge in [-0.2, -0.15) is 0 Å². The molecule has 0 aliphatic rings. The zero-order valence-corrected chi connectivity index (χ0v) is 26.3. The van der Waals surface area contributed by atoms with Crippen LogP contribution >= 0.6 is 0 Å². The highest BCUT2D eigenvalue weighted by molar-refractivity contribution is 6.23. The predicted octanol–water partition coefficient (Wildman–Crippen LogP) is 13.2. The van der Waals surface area contributed by atoms with E-state index in [4.69, 9.17) is 4.42 Å². The Morgan fingerprint density at radius 3 is 1.42 bits per heavy atom. The summed E-state index contributed by atoms with van der Waals surface area (Å²) < 4.78 is 6.75. The molecule has 226 valence electrons. The summed E-state index contributed by atoms with van der Waals surface area (Å²) >= 11 is 0. The summed E-state index contributed by atoms with van der Waals surface area (Å²) in [5.74, 6) is 0. The Labute approximate surface area is 279 Å². The second-order valence-electron chi connectivity index (χ2n) is 12.1. The Kier molecular flexibility index (Phi) is 6.84. The van der Waals surface area contributed by atoms with Gasteiger partial charge in [0, 0.05) is 27.5 Å². The van der Waals surface area contributed by atoms with Crippen LogP contribution in [0.5, 0.6) is 0 Å². The number of rotatable bonds is 6. The van der Waals surface area contributed by atoms with Crippen molar-refractivity contribution in [3.63, 3.8) is 0 Å². The molecule has 0 spiro atoms. The molecule has 2 heteroatoms. The monoisotopic (exact) mass is 613 g/mol. The van der Waals surface area contributed by atoms with Crippen LogP contribution in [-0.4, -0.2) is 0 Å². The van der Waals surface area contributed by atoms with Crippen LogP contribution in [0, 0.1) is 0 Å². The van der Waals surface area contributed by atoms with Crippen LogP contribution in [0.1, 0.15) is 0 Å². The van der Waals surface area contributed by atoms with Gasteiger partial charge in [-0.25, -0.2) is 0 Å². The van der Waals surface area contributed by atoms with E-state index in [-0.39, 0.29) is 0 Å². The smallest absolute Gasteiger partial charge is 0.145 e. The summed E-state index contributed by atoms with van der Waals surface area (Å²) in [6.45, 7) is 0. The van der Waals surface area contributed by atoms with Crippen LogP contribution in [0.3, 0.4) is 0 Å². The molecule has 9 aromatic rings. The van der Waals surface area contributed by atoms with Crippen molar-refractivity contribution < 1.29 is 4.42 Å². The number of anilines is 3. The minimum Gasteiger partial charge on any atom is -0.455 e. The molecule has 1 heterocycles. The molecule has 1 aromatic heterocycles. The number of benzene rings is 8. The highest BCUT2D eigenvalue weighted by Gasteiger charge is 2.22. The van der Waals surface area contributed by atoms with Gasteiger partial charge in [0.05, 0.1) is 5.69 Å². The molecule has 0 N–H and O–H groups in total. The minimum absolute atomic E-state index is 0.889. The molecule has 0 unspecified atom stereocenters. The van der Waals surface area contributed by atoms with Gasteiger partial charge < -0.3 is 9.32 Å². The van der Waals surface area contributed by atoms with E-state index in [1.807, 2.05) is 6.07 Å². The summed E-state index contributed by atoms with van der Waals surface area (Å²) in [5.41, 5.74) is 12.1. The topological polar surface area (TPSA) is 16.4 Å². The fraction of sp³-hybridized carbons (Fsp3) is 0. The summed E-state index contributed by atoms with van der Waals surface area (Å²) in [4.78, 5) is 2.37. The lowest BCUT2D eigenvalue weighted by Crippen LogP contribution is -2.10. The normalized spacial score (nSPS) is 11.3. The van der Waals surface area contributed by atoms with Crippen molar-refractivity contribution in [2.75, 3.05) is 4.90 Å². The maximum Gasteiger partial charge on any atom is 0.145 e. The van der Waals surface area contributed by atoms with Crippen molar-refractivity contribution in [3.8, 4) is 33.4 Å². The third-order valence-corrected chi connectivity index (χ3v) is 9.27. The van der Waals surface area contributed by atoms with Gasteiger partial charge in [0.1, 0.15) is 11.2 Å². The molecule has 0 aliphatic carbocycles. The second-order valence-corrected chi connectivity index (χ2v) is 12.1. The highest BCUT2D eigenvalue weighted by atomic mass is 16.3. The Bertz CT molecular complexity index is 2430. The van der Waals surface area contributed by atoms with Crippen LogP contribution in [-0.2, 0) is 0 Å². The van der Waals surface area contributed by atoms with Gasteiger partial charge in [-0.05, 0) is 81.2 Å². The van der Waals surface area contributed by atoms with Crippen molar-refractivity contribution in [2.24, 2.45) is 0 Å². The quantitative estimate of drug-likeness (QED) is 0.185. The Balaban J connectivity index is 1.31. The average Bonchev–Trinajstić information content (AvgIpc) is 3.55. The van der Waals surface area contributed by atoms with E-state index in [0.717, 1.165) is 49.8 Å². The maximum absolute atomic E-state index is 6.75. The fourth-order valence-corrected chi connectivity index (χ4v) is 6.96. The summed E-state index contributed by atoms with van der Waals surface area (Å²) in [6, 6.07) is 66.8. The van der Waals surface area contributed by atoms with Gasteiger partial charge in [-0.1, -0.05) is 146 Å². The second kappa shape index (κ2) is 11.8. The molecule has 0 radical (unpaired) electrons. The van der Waals surface area contributed by atoms with Crippen molar-refractivity contribution >= 4 is 49.8 Å². The maximum atomic E-state index is 6.75. The van der Waals surface area contributed by atoms with Crippen molar-refractivity contribution in [3.05, 3.63) is 188 Å². The predicted molar refractivity (Wildman–Crippen MR) is 202 cm³/mol. The molecule has 8 aromatic carbocycles. The van der Waals surface area contributed by atoms with E-state index >= 15 is 0 Å². The average molecular weight is 614 g/mol. The Morgan fingerprint density at radius 1 is 0.354 bits per heavy atom. The summed E-state index contributed by atoms with van der Waals surface area (Å²) in [5, 5.41) is 4.47. The Hall–Kier alpha value is -6.38. The third kappa shape index (κ3) is 4.83. The van der Waals surface area contributed by atoms with Gasteiger partial charge in [0.15, 0.2) is 0 Å². The van der Waals surface area contributed by atoms with Gasteiger partial charge in [0.25, 0.3) is 0 Å². The molecular weight excluding hydrogens is 583 g/mol. The molecule has 0 amide bonds.